The average Bonchev–Trinajstić information content (AvgIpc) is 2.75. The number of nitrogens with zero attached hydrogens (tertiary/aromatic N) is 1. The smallest absolute Gasteiger partial charge is 0.330 e. The van der Waals surface area contributed by atoms with E-state index < -0.39 is 23.6 Å². The summed E-state index contributed by atoms with van der Waals surface area (Å²) in [5, 5.41) is 9.49. The second kappa shape index (κ2) is 6.55. The first-order chi connectivity index (χ1) is 9.97. The van der Waals surface area contributed by atoms with Crippen molar-refractivity contribution >= 4 is 0 Å². The lowest BCUT2D eigenvalue weighted by atomic mass is 9.96. The van der Waals surface area contributed by atoms with Gasteiger partial charge in [-0.25, -0.2) is 4.79 Å². The number of rotatable bonds is 5. The SMILES string of the molecule is CCC1[C@@H](OC(C)C)[C@@H](CO)O[C@H]1n1ccc(=O)[nH]c1=O. The highest BCUT2D eigenvalue weighted by molar-refractivity contribution is 4.93. The summed E-state index contributed by atoms with van der Waals surface area (Å²) in [6.45, 7) is 5.64. The molecule has 2 rings (SSSR count). The molecule has 2 N–H and O–H groups in total. The largest absolute Gasteiger partial charge is 0.394 e. The zero-order chi connectivity index (χ0) is 15.6. The quantitative estimate of drug-likeness (QED) is 0.812. The monoisotopic (exact) mass is 298 g/mol. The Morgan fingerprint density at radius 3 is 2.71 bits per heavy atom. The number of aliphatic hydroxyl groups is 1. The molecular weight excluding hydrogens is 276 g/mol. The summed E-state index contributed by atoms with van der Waals surface area (Å²) in [4.78, 5) is 25.3. The minimum absolute atomic E-state index is 0.00671. The molecule has 7 nitrogen and oxygen atoms in total. The topological polar surface area (TPSA) is 93.5 Å². The Balaban J connectivity index is 2.35. The third-order valence-corrected chi connectivity index (χ3v) is 3.67. The van der Waals surface area contributed by atoms with Crippen LogP contribution in [-0.4, -0.2) is 39.6 Å². The van der Waals surface area contributed by atoms with Crippen molar-refractivity contribution in [3.63, 3.8) is 0 Å². The number of aromatic nitrogens is 2. The highest BCUT2D eigenvalue weighted by Gasteiger charge is 2.45. The normalized spacial score (nSPS) is 29.2. The van der Waals surface area contributed by atoms with Gasteiger partial charge in [-0.05, 0) is 20.3 Å². The first-order valence-electron chi connectivity index (χ1n) is 7.21. The Labute approximate surface area is 122 Å². The molecule has 2 heterocycles. The highest BCUT2D eigenvalue weighted by atomic mass is 16.6. The van der Waals surface area contributed by atoms with Crippen molar-refractivity contribution in [1.82, 2.24) is 9.55 Å². The van der Waals surface area contributed by atoms with E-state index in [2.05, 4.69) is 4.98 Å². The fraction of sp³-hybridized carbons (Fsp3) is 0.714. The molecule has 0 saturated carbocycles. The summed E-state index contributed by atoms with van der Waals surface area (Å²) < 4.78 is 13.0. The molecule has 21 heavy (non-hydrogen) atoms. The molecule has 1 fully saturated rings. The maximum Gasteiger partial charge on any atom is 0.330 e. The van der Waals surface area contributed by atoms with E-state index in [-0.39, 0.29) is 24.7 Å². The predicted octanol–water partition coefficient (Wildman–Crippen LogP) is 0.246. The molecule has 0 spiro atoms. The molecule has 7 heteroatoms. The first kappa shape index (κ1) is 15.9. The van der Waals surface area contributed by atoms with Gasteiger partial charge in [-0.15, -0.1) is 0 Å². The van der Waals surface area contributed by atoms with Crippen LogP contribution < -0.4 is 11.2 Å². The highest BCUT2D eigenvalue weighted by Crippen LogP contribution is 2.38. The lowest BCUT2D eigenvalue weighted by molar-refractivity contribution is -0.0757. The van der Waals surface area contributed by atoms with Gasteiger partial charge in [-0.2, -0.15) is 0 Å². The van der Waals surface area contributed by atoms with Gasteiger partial charge in [-0.3, -0.25) is 14.3 Å². The van der Waals surface area contributed by atoms with Crippen molar-refractivity contribution in [2.24, 2.45) is 5.92 Å². The van der Waals surface area contributed by atoms with Crippen LogP contribution >= 0.6 is 0 Å². The van der Waals surface area contributed by atoms with Gasteiger partial charge in [0.15, 0.2) is 0 Å². The molecule has 1 aromatic rings. The lowest BCUT2D eigenvalue weighted by Gasteiger charge is -2.25. The third kappa shape index (κ3) is 3.25. The number of nitrogens with one attached hydrogen (secondary N) is 1. The van der Waals surface area contributed by atoms with Crippen molar-refractivity contribution < 1.29 is 14.6 Å². The van der Waals surface area contributed by atoms with Gasteiger partial charge >= 0.3 is 5.69 Å². The van der Waals surface area contributed by atoms with E-state index in [1.807, 2.05) is 20.8 Å². The molecule has 0 aromatic carbocycles. The minimum atomic E-state index is -0.555. The van der Waals surface area contributed by atoms with Gasteiger partial charge in [0.25, 0.3) is 5.56 Å². The van der Waals surface area contributed by atoms with Crippen molar-refractivity contribution in [3.05, 3.63) is 33.1 Å². The number of hydrogen-bond acceptors (Lipinski definition) is 5. The van der Waals surface area contributed by atoms with Crippen LogP contribution in [0.2, 0.25) is 0 Å². The van der Waals surface area contributed by atoms with Crippen LogP contribution in [0.25, 0.3) is 0 Å². The lowest BCUT2D eigenvalue weighted by Crippen LogP contribution is -2.36. The standard InChI is InChI=1S/C14H22N2O5/c1-4-9-12(20-8(2)3)10(7-17)21-13(9)16-6-5-11(18)15-14(16)19/h5-6,8-10,12-13,17H,4,7H2,1-3H3,(H,15,18,19)/t9?,10-,12-,13-/m1/s1. The maximum atomic E-state index is 11.9. The molecule has 4 atom stereocenters. The van der Waals surface area contributed by atoms with E-state index in [9.17, 15) is 14.7 Å². The van der Waals surface area contributed by atoms with Crippen molar-refractivity contribution in [1.29, 1.82) is 0 Å². The van der Waals surface area contributed by atoms with Gasteiger partial charge in [0.1, 0.15) is 12.3 Å². The third-order valence-electron chi connectivity index (χ3n) is 3.67. The molecule has 0 bridgehead atoms. The van der Waals surface area contributed by atoms with Crippen LogP contribution in [0.15, 0.2) is 21.9 Å². The van der Waals surface area contributed by atoms with Crippen molar-refractivity contribution in [3.8, 4) is 0 Å². The number of ether oxygens (including phenoxy) is 2. The molecule has 1 aliphatic heterocycles. The van der Waals surface area contributed by atoms with Crippen LogP contribution in [-0.2, 0) is 9.47 Å². The maximum absolute atomic E-state index is 11.9. The zero-order valence-electron chi connectivity index (χ0n) is 12.5. The Morgan fingerprint density at radius 2 is 2.19 bits per heavy atom. The van der Waals surface area contributed by atoms with Crippen molar-refractivity contribution in [2.75, 3.05) is 6.61 Å². The summed E-state index contributed by atoms with van der Waals surface area (Å²) in [6.07, 6.45) is 0.808. The van der Waals surface area contributed by atoms with E-state index in [0.717, 1.165) is 6.42 Å². The van der Waals surface area contributed by atoms with Crippen LogP contribution in [0.3, 0.4) is 0 Å². The van der Waals surface area contributed by atoms with Crippen LogP contribution in [0.5, 0.6) is 0 Å². The molecule has 1 aromatic heterocycles. The van der Waals surface area contributed by atoms with Gasteiger partial charge < -0.3 is 14.6 Å². The van der Waals surface area contributed by atoms with E-state index in [1.54, 1.807) is 0 Å². The summed E-state index contributed by atoms with van der Waals surface area (Å²) in [7, 11) is 0. The van der Waals surface area contributed by atoms with Crippen molar-refractivity contribution in [2.45, 2.75) is 51.7 Å². The molecule has 0 amide bonds. The number of H-pyrrole nitrogens is 1. The molecule has 0 radical (unpaired) electrons. The summed E-state index contributed by atoms with van der Waals surface area (Å²) in [5.41, 5.74) is -0.969. The van der Waals surface area contributed by atoms with Crippen LogP contribution in [0, 0.1) is 5.92 Å². The molecule has 0 aliphatic carbocycles. The van der Waals surface area contributed by atoms with E-state index in [0.29, 0.717) is 0 Å². The summed E-state index contributed by atoms with van der Waals surface area (Å²) >= 11 is 0. The minimum Gasteiger partial charge on any atom is -0.394 e. The van der Waals surface area contributed by atoms with E-state index in [4.69, 9.17) is 9.47 Å². The van der Waals surface area contributed by atoms with Gasteiger partial charge in [0.05, 0.1) is 18.8 Å². The summed E-state index contributed by atoms with van der Waals surface area (Å²) in [6, 6.07) is 1.28. The van der Waals surface area contributed by atoms with Crippen LogP contribution in [0.1, 0.15) is 33.4 Å². The van der Waals surface area contributed by atoms with Crippen LogP contribution in [0.4, 0.5) is 0 Å². The van der Waals surface area contributed by atoms with E-state index >= 15 is 0 Å². The average molecular weight is 298 g/mol. The fourth-order valence-corrected chi connectivity index (χ4v) is 2.78. The second-order valence-corrected chi connectivity index (χ2v) is 5.49. The Morgan fingerprint density at radius 1 is 1.48 bits per heavy atom. The fourth-order valence-electron chi connectivity index (χ4n) is 2.78. The molecule has 118 valence electrons. The molecule has 1 aliphatic rings. The summed E-state index contributed by atoms with van der Waals surface area (Å²) in [5.74, 6) is -0.0758. The Hall–Kier alpha value is -1.44. The Bertz CT molecular complexity index is 579. The van der Waals surface area contributed by atoms with Gasteiger partial charge in [-0.1, -0.05) is 6.92 Å². The molecule has 1 saturated heterocycles. The second-order valence-electron chi connectivity index (χ2n) is 5.49. The first-order valence-corrected chi connectivity index (χ1v) is 7.21. The number of aliphatic hydroxyl groups excluding tert-OH is 1. The zero-order valence-corrected chi connectivity index (χ0v) is 12.5. The van der Waals surface area contributed by atoms with E-state index in [1.165, 1.54) is 16.8 Å². The predicted molar refractivity (Wildman–Crippen MR) is 76.1 cm³/mol. The Kier molecular flexibility index (Phi) is 4.97. The molecule has 1 unspecified atom stereocenters. The van der Waals surface area contributed by atoms with Gasteiger partial charge in [0.2, 0.25) is 0 Å². The molecular formula is C14H22N2O5. The number of aromatic amines is 1. The van der Waals surface area contributed by atoms with Gasteiger partial charge in [0, 0.05) is 18.2 Å². The number of hydrogen-bond donors (Lipinski definition) is 2.